The van der Waals surface area contributed by atoms with Crippen molar-refractivity contribution in [2.45, 2.75) is 242 Å². The molecule has 3 aliphatic heterocycles. The molecule has 3 saturated heterocycles. The third kappa shape index (κ3) is 20.4. The molecule has 1 aromatic carbocycles. The molecule has 1 aromatic rings. The first kappa shape index (κ1) is 80.3. The van der Waals surface area contributed by atoms with Crippen LogP contribution in [0.5, 0.6) is 0 Å². The highest BCUT2D eigenvalue weighted by Crippen LogP contribution is 2.38. The first-order chi connectivity index (χ1) is 47.3. The number of rotatable bonds is 11. The number of hydrogen-bond donors (Lipinski definition) is 3. The van der Waals surface area contributed by atoms with Gasteiger partial charge in [-0.05, 0) is 125 Å². The number of carbonyl (C=O) groups is 12. The zero-order valence-corrected chi connectivity index (χ0v) is 61.3. The van der Waals surface area contributed by atoms with Crippen LogP contribution in [0.25, 0.3) is 0 Å². The monoisotopic (exact) mass is 1430 g/mol. The van der Waals surface area contributed by atoms with Crippen LogP contribution >= 0.6 is 11.6 Å². The Balaban J connectivity index is 1.28. The number of fused-ring (bicyclic) bond motifs is 1. The molecule has 0 radical (unpaired) electrons. The molecular weight excluding hydrogens is 1320 g/mol. The molecule has 3 saturated carbocycles. The largest absolute Gasteiger partial charge is 0.417 e. The number of amides is 12. The zero-order valence-electron chi connectivity index (χ0n) is 60.6. The number of nitrogens with zero attached hydrogens (tertiary/aromatic N) is 9. The van der Waals surface area contributed by atoms with Gasteiger partial charge in [0, 0.05) is 69.0 Å². The molecule has 3 aliphatic carbocycles. The Morgan fingerprint density at radius 2 is 1.19 bits per heavy atom. The van der Waals surface area contributed by atoms with Gasteiger partial charge in [-0.25, -0.2) is 0 Å². The van der Waals surface area contributed by atoms with Gasteiger partial charge >= 0.3 is 6.18 Å². The second-order valence-corrected chi connectivity index (χ2v) is 30.1. The lowest BCUT2D eigenvalue weighted by molar-refractivity contribution is -0.157. The van der Waals surface area contributed by atoms with Crippen molar-refractivity contribution in [2.75, 3.05) is 88.6 Å². The van der Waals surface area contributed by atoms with Crippen molar-refractivity contribution in [3.63, 3.8) is 0 Å². The van der Waals surface area contributed by atoms with Gasteiger partial charge in [-0.3, -0.25) is 57.5 Å². The number of benzene rings is 1. The minimum absolute atomic E-state index is 0.0223. The second-order valence-electron chi connectivity index (χ2n) is 29.7. The maximum atomic E-state index is 15.8. The lowest BCUT2D eigenvalue weighted by atomic mass is 9.81. The van der Waals surface area contributed by atoms with Crippen LogP contribution in [0.3, 0.4) is 0 Å². The van der Waals surface area contributed by atoms with Crippen molar-refractivity contribution in [2.24, 2.45) is 17.8 Å². The summed E-state index contributed by atoms with van der Waals surface area (Å²) in [7, 11) is 10.0. The van der Waals surface area contributed by atoms with Gasteiger partial charge in [-0.15, -0.1) is 0 Å². The first-order valence-electron chi connectivity index (χ1n) is 36.4. The molecule has 0 aromatic heterocycles. The predicted molar refractivity (Wildman–Crippen MR) is 369 cm³/mol. The van der Waals surface area contributed by atoms with E-state index in [1.807, 2.05) is 20.8 Å². The number of likely N-dealkylation sites (N-methyl/N-ethyl adjacent to an activating group) is 7. The number of carbonyl (C=O) groups excluding carboxylic acids is 12. The van der Waals surface area contributed by atoms with Crippen molar-refractivity contribution in [1.29, 1.82) is 0 Å². The Morgan fingerprint density at radius 3 is 1.80 bits per heavy atom. The van der Waals surface area contributed by atoms with Crippen molar-refractivity contribution in [3.05, 3.63) is 34.3 Å². The summed E-state index contributed by atoms with van der Waals surface area (Å²) in [6.07, 6.45) is 7.32. The number of aryl methyl sites for hydroxylation is 1. The normalized spacial score (nSPS) is 26.6. The van der Waals surface area contributed by atoms with Gasteiger partial charge in [-0.1, -0.05) is 109 Å². The lowest BCUT2D eigenvalue weighted by Crippen LogP contribution is -2.65. The van der Waals surface area contributed by atoms with Crippen LogP contribution in [0, 0.1) is 17.8 Å². The third-order valence-electron chi connectivity index (χ3n) is 21.8. The summed E-state index contributed by atoms with van der Waals surface area (Å²) in [4.78, 5) is 190. The highest BCUT2D eigenvalue weighted by Gasteiger charge is 2.51. The molecular formula is C72H110ClF3N12O12. The van der Waals surface area contributed by atoms with Gasteiger partial charge in [0.1, 0.15) is 47.8 Å². The van der Waals surface area contributed by atoms with Crippen LogP contribution in [0.4, 0.5) is 13.2 Å². The summed E-state index contributed by atoms with van der Waals surface area (Å²) >= 11 is 6.16. The van der Waals surface area contributed by atoms with Gasteiger partial charge in [0.2, 0.25) is 70.9 Å². The lowest BCUT2D eigenvalue weighted by Gasteiger charge is -2.43. The number of nitrogens with one attached hydrogen (secondary N) is 3. The fraction of sp³-hybridized carbons (Fsp3) is 0.750. The minimum atomic E-state index is -4.76. The maximum Gasteiger partial charge on any atom is 0.417 e. The zero-order chi connectivity index (χ0) is 73.5. The number of likely N-dealkylation sites (tertiary alicyclic amines) is 1. The molecule has 12 amide bonds. The molecule has 28 heteroatoms. The molecule has 6 fully saturated rings. The summed E-state index contributed by atoms with van der Waals surface area (Å²) in [6, 6.07) is -5.46. The molecule has 7 atom stereocenters. The topological polar surface area (TPSA) is 270 Å². The van der Waals surface area contributed by atoms with Crippen LogP contribution < -0.4 is 16.0 Å². The Hall–Kier alpha value is -7.06. The average molecular weight is 1430 g/mol. The van der Waals surface area contributed by atoms with Gasteiger partial charge in [0.15, 0.2) is 0 Å². The molecule has 558 valence electrons. The van der Waals surface area contributed by atoms with Crippen LogP contribution in [-0.2, 0) is 70.1 Å². The van der Waals surface area contributed by atoms with E-state index in [0.29, 0.717) is 70.0 Å². The smallest absolute Gasteiger partial charge is 0.343 e. The van der Waals surface area contributed by atoms with E-state index in [2.05, 4.69) is 16.0 Å². The molecule has 24 nitrogen and oxygen atoms in total. The van der Waals surface area contributed by atoms with Crippen molar-refractivity contribution in [1.82, 2.24) is 60.0 Å². The van der Waals surface area contributed by atoms with E-state index < -0.39 is 167 Å². The van der Waals surface area contributed by atoms with Crippen LogP contribution in [0.2, 0.25) is 5.02 Å². The number of halogens is 4. The Morgan fingerprint density at radius 1 is 0.600 bits per heavy atom. The van der Waals surface area contributed by atoms with Crippen molar-refractivity contribution in [3.8, 4) is 0 Å². The Kier molecular flexibility index (Phi) is 29.0. The van der Waals surface area contributed by atoms with Gasteiger partial charge in [0.25, 0.3) is 0 Å². The van der Waals surface area contributed by atoms with Gasteiger partial charge in [0.05, 0.1) is 36.6 Å². The standard InChI is InChI=1S/C72H110ClF3N12O12/c1-11-24-52-65(95)82(6)44-60(91)80(4)45-61(92)84(8)56(41-47-25-15-12-16-26-47)67(97)81(5)43-58(89)77-53(33-31-48-30-32-50(51(73)40-48)72(74,75)76)66(96)88-38-23-29-54(88)64(94)79-71(34-19-20-35-71)70(100)86(10)62(49-27-17-13-18-28-49)69(99)85(9)57(68(98)87-36-21-14-22-37-87)42-59(90)83(7)55(39-46(2)3)63(93)78-52/h30,32,40,46-47,49,52-57,62H,11-29,31,33-39,41-45H2,1-10H3,(H,77,89)(H,78,93)(H,79,94)/t52-,53-,54-,55-,56-,57-,62-/m0/s1. The summed E-state index contributed by atoms with van der Waals surface area (Å²) in [6.45, 7) is 4.70. The molecule has 3 heterocycles. The third-order valence-corrected chi connectivity index (χ3v) is 22.1. The quantitative estimate of drug-likeness (QED) is 0.224. The second kappa shape index (κ2) is 36.2. The Bertz CT molecular complexity index is 3100. The Labute approximate surface area is 593 Å². The molecule has 7 rings (SSSR count). The first-order valence-corrected chi connectivity index (χ1v) is 36.8. The van der Waals surface area contributed by atoms with E-state index in [1.165, 1.54) is 79.9 Å². The summed E-state index contributed by atoms with van der Waals surface area (Å²) in [5.41, 5.74) is -2.33. The molecule has 1 spiro atoms. The highest BCUT2D eigenvalue weighted by atomic mass is 35.5. The summed E-state index contributed by atoms with van der Waals surface area (Å²) in [5.74, 6) is -8.16. The van der Waals surface area contributed by atoms with E-state index >= 15 is 28.8 Å². The maximum absolute atomic E-state index is 15.8. The predicted octanol–water partition coefficient (Wildman–Crippen LogP) is 6.18. The van der Waals surface area contributed by atoms with E-state index in [1.54, 1.807) is 4.90 Å². The fourth-order valence-electron chi connectivity index (χ4n) is 15.8. The van der Waals surface area contributed by atoms with E-state index in [-0.39, 0.29) is 69.7 Å². The van der Waals surface area contributed by atoms with E-state index in [9.17, 15) is 41.9 Å². The highest BCUT2D eigenvalue weighted by molar-refractivity contribution is 6.31. The molecule has 3 N–H and O–H groups in total. The molecule has 6 aliphatic rings. The van der Waals surface area contributed by atoms with E-state index in [4.69, 9.17) is 11.6 Å². The fourth-order valence-corrected chi connectivity index (χ4v) is 16.1. The van der Waals surface area contributed by atoms with Crippen molar-refractivity contribution < 1.29 is 70.7 Å². The molecule has 0 bridgehead atoms. The minimum Gasteiger partial charge on any atom is -0.343 e. The van der Waals surface area contributed by atoms with E-state index in [0.717, 1.165) is 84.6 Å². The summed E-state index contributed by atoms with van der Waals surface area (Å²) < 4.78 is 41.6. The van der Waals surface area contributed by atoms with Crippen LogP contribution in [0.1, 0.15) is 192 Å². The molecule has 0 unspecified atom stereocenters. The van der Waals surface area contributed by atoms with Gasteiger partial charge in [-0.2, -0.15) is 13.2 Å². The average Bonchev–Trinajstić information content (AvgIpc) is 1.45. The number of alkyl halides is 3. The summed E-state index contributed by atoms with van der Waals surface area (Å²) in [5, 5.41) is 8.15. The van der Waals surface area contributed by atoms with Crippen LogP contribution in [0.15, 0.2) is 18.2 Å². The van der Waals surface area contributed by atoms with Crippen LogP contribution in [-0.4, -0.2) is 251 Å². The number of hydrogen-bond acceptors (Lipinski definition) is 12. The van der Waals surface area contributed by atoms with Crippen molar-refractivity contribution >= 4 is 82.5 Å². The van der Waals surface area contributed by atoms with Gasteiger partial charge < -0.3 is 60.0 Å². The molecule has 100 heavy (non-hydrogen) atoms. The SMILES string of the molecule is CCC[C@@H]1NC(=O)[C@H](CC(C)C)N(C)C(=O)C[C@@H](C(=O)N2CCCCC2)N(C)C(=O)[C@H](C2CCCCC2)N(C)C(=O)C2(CCCC2)NC(=O)[C@@H]2CCCN2C(=O)[C@H](CCc2ccc(C(F)(F)F)c(Cl)c2)NC(=O)CN(C)C(=O)[C@H](CC2CCCCC2)N(C)C(=O)CN(C)C(=O)CN(C)C1=O. The number of piperidine rings is 1.